The summed E-state index contributed by atoms with van der Waals surface area (Å²) in [7, 11) is 0. The van der Waals surface area contributed by atoms with Crippen molar-refractivity contribution in [2.24, 2.45) is 0 Å². The Morgan fingerprint density at radius 3 is 1.54 bits per heavy atom. The molecule has 0 amide bonds. The smallest absolute Gasteiger partial charge is 0.125 e. The van der Waals surface area contributed by atoms with Crippen LogP contribution in [0.1, 0.15) is 0 Å². The summed E-state index contributed by atoms with van der Waals surface area (Å²) in [6, 6.07) is 52.7. The SMILES string of the molecule is c1ccc(-c2cccc(-c3nnnc(-c4ccccn4)c3-c3ccccn3)c2-c2cccc3c4ccccc4c4ccccc4c23)cc1. The zero-order valence-electron chi connectivity index (χ0n) is 25.8. The summed E-state index contributed by atoms with van der Waals surface area (Å²) >= 11 is 0. The minimum Gasteiger partial charge on any atom is -0.256 e. The van der Waals surface area contributed by atoms with Gasteiger partial charge in [0.1, 0.15) is 11.4 Å². The van der Waals surface area contributed by atoms with Crippen molar-refractivity contribution < 1.29 is 0 Å². The largest absolute Gasteiger partial charge is 0.256 e. The monoisotopic (exact) mass is 613 g/mol. The van der Waals surface area contributed by atoms with Gasteiger partial charge >= 0.3 is 0 Å². The van der Waals surface area contributed by atoms with Crippen LogP contribution in [0.15, 0.2) is 164 Å². The van der Waals surface area contributed by atoms with Crippen LogP contribution in [0.25, 0.3) is 88.5 Å². The van der Waals surface area contributed by atoms with Gasteiger partial charge in [0.2, 0.25) is 0 Å². The predicted molar refractivity (Wildman–Crippen MR) is 195 cm³/mol. The van der Waals surface area contributed by atoms with Crippen molar-refractivity contribution in [3.63, 3.8) is 0 Å². The van der Waals surface area contributed by atoms with Crippen molar-refractivity contribution in [2.75, 3.05) is 0 Å². The van der Waals surface area contributed by atoms with Crippen molar-refractivity contribution >= 4 is 32.3 Å². The third-order valence-electron chi connectivity index (χ3n) is 9.03. The van der Waals surface area contributed by atoms with E-state index in [4.69, 9.17) is 10.1 Å². The van der Waals surface area contributed by atoms with E-state index in [2.05, 4.69) is 131 Å². The number of nitrogens with zero attached hydrogens (tertiary/aromatic N) is 5. The lowest BCUT2D eigenvalue weighted by Crippen LogP contribution is -2.03. The van der Waals surface area contributed by atoms with Gasteiger partial charge in [-0.05, 0) is 84.1 Å². The third-order valence-corrected chi connectivity index (χ3v) is 9.03. The normalized spacial score (nSPS) is 11.3. The first kappa shape index (κ1) is 27.7. The van der Waals surface area contributed by atoms with Crippen LogP contribution in [-0.2, 0) is 0 Å². The molecule has 9 rings (SSSR count). The van der Waals surface area contributed by atoms with Gasteiger partial charge in [0.25, 0.3) is 0 Å². The van der Waals surface area contributed by atoms with Crippen LogP contribution in [-0.4, -0.2) is 25.4 Å². The third kappa shape index (κ3) is 4.52. The van der Waals surface area contributed by atoms with E-state index in [1.807, 2.05) is 36.4 Å². The maximum atomic E-state index is 4.80. The summed E-state index contributed by atoms with van der Waals surface area (Å²) in [6.07, 6.45) is 3.57. The second kappa shape index (κ2) is 11.6. The number of aromatic nitrogens is 5. The minimum atomic E-state index is 0.629. The van der Waals surface area contributed by atoms with Crippen LogP contribution in [0.2, 0.25) is 0 Å². The summed E-state index contributed by atoms with van der Waals surface area (Å²) in [6.45, 7) is 0. The van der Waals surface area contributed by atoms with Crippen molar-refractivity contribution in [3.05, 3.63) is 164 Å². The Kier molecular flexibility index (Phi) is 6.72. The fourth-order valence-corrected chi connectivity index (χ4v) is 7.01. The summed E-state index contributed by atoms with van der Waals surface area (Å²) < 4.78 is 0. The number of hydrogen-bond donors (Lipinski definition) is 0. The highest BCUT2D eigenvalue weighted by Crippen LogP contribution is 2.48. The van der Waals surface area contributed by atoms with Gasteiger partial charge in [-0.3, -0.25) is 9.97 Å². The lowest BCUT2D eigenvalue weighted by Gasteiger charge is -2.21. The maximum Gasteiger partial charge on any atom is 0.125 e. The molecule has 48 heavy (non-hydrogen) atoms. The number of rotatable bonds is 5. The standard InChI is InChI=1S/C43H27N5/c1-2-14-28(15-3-1)29-20-12-23-36(42-41(37-24-8-10-26-44-37)43(47-48-46-42)38-25-9-11-27-45-38)39(29)35-22-13-21-34-32-17-5-4-16-30(32)31-18-6-7-19-33(31)40(34)35/h1-27H. The van der Waals surface area contributed by atoms with Crippen LogP contribution in [0.4, 0.5) is 0 Å². The number of hydrogen-bond acceptors (Lipinski definition) is 5. The summed E-state index contributed by atoms with van der Waals surface area (Å²) in [5.41, 5.74) is 8.90. The van der Waals surface area contributed by atoms with Crippen molar-refractivity contribution in [2.45, 2.75) is 0 Å². The van der Waals surface area contributed by atoms with Gasteiger partial charge < -0.3 is 0 Å². The number of pyridine rings is 2. The number of benzene rings is 6. The van der Waals surface area contributed by atoms with Crippen molar-refractivity contribution in [3.8, 4) is 56.2 Å². The molecular formula is C43H27N5. The molecule has 0 atom stereocenters. The first-order chi connectivity index (χ1) is 23.9. The Labute approximate surface area is 277 Å². The van der Waals surface area contributed by atoms with E-state index >= 15 is 0 Å². The van der Waals surface area contributed by atoms with E-state index < -0.39 is 0 Å². The predicted octanol–water partition coefficient (Wildman–Crippen LogP) is 10.5. The van der Waals surface area contributed by atoms with E-state index in [1.165, 1.54) is 32.3 Å². The van der Waals surface area contributed by atoms with Gasteiger partial charge in [-0.2, -0.15) is 0 Å². The van der Waals surface area contributed by atoms with Crippen LogP contribution in [0.5, 0.6) is 0 Å². The average Bonchev–Trinajstić information content (AvgIpc) is 3.18. The Hall–Kier alpha value is -6.59. The van der Waals surface area contributed by atoms with Gasteiger partial charge in [-0.1, -0.05) is 127 Å². The molecule has 3 aromatic heterocycles. The Balaban J connectivity index is 1.45. The molecule has 0 aliphatic carbocycles. The zero-order chi connectivity index (χ0) is 31.9. The topological polar surface area (TPSA) is 64.5 Å². The molecule has 0 aliphatic heterocycles. The molecular weight excluding hydrogens is 587 g/mol. The molecule has 5 nitrogen and oxygen atoms in total. The van der Waals surface area contributed by atoms with Gasteiger partial charge in [-0.25, -0.2) is 0 Å². The molecule has 0 N–H and O–H groups in total. The molecule has 0 fully saturated rings. The summed E-state index contributed by atoms with van der Waals surface area (Å²) in [4.78, 5) is 9.46. The molecule has 0 spiro atoms. The molecule has 0 saturated carbocycles. The van der Waals surface area contributed by atoms with Crippen LogP contribution in [0, 0.1) is 0 Å². The van der Waals surface area contributed by atoms with E-state index in [0.717, 1.165) is 39.1 Å². The molecule has 0 saturated heterocycles. The van der Waals surface area contributed by atoms with Crippen LogP contribution >= 0.6 is 0 Å². The van der Waals surface area contributed by atoms with Gasteiger partial charge in [0.05, 0.1) is 17.0 Å². The van der Waals surface area contributed by atoms with Crippen LogP contribution in [0.3, 0.4) is 0 Å². The first-order valence-electron chi connectivity index (χ1n) is 15.9. The van der Waals surface area contributed by atoms with Crippen LogP contribution < -0.4 is 0 Å². The second-order valence-corrected chi connectivity index (χ2v) is 11.7. The minimum absolute atomic E-state index is 0.629. The fraction of sp³-hybridized carbons (Fsp3) is 0. The average molecular weight is 614 g/mol. The molecule has 9 aromatic rings. The van der Waals surface area contributed by atoms with Crippen molar-refractivity contribution in [1.82, 2.24) is 25.4 Å². The first-order valence-corrected chi connectivity index (χ1v) is 15.9. The van der Waals surface area contributed by atoms with E-state index in [1.54, 1.807) is 12.4 Å². The van der Waals surface area contributed by atoms with E-state index in [9.17, 15) is 0 Å². The molecule has 0 bridgehead atoms. The number of fused-ring (bicyclic) bond motifs is 6. The van der Waals surface area contributed by atoms with E-state index in [0.29, 0.717) is 17.1 Å². The molecule has 5 heteroatoms. The Bertz CT molecular complexity index is 2560. The van der Waals surface area contributed by atoms with Gasteiger partial charge in [-0.15, -0.1) is 10.2 Å². The fourth-order valence-electron chi connectivity index (χ4n) is 7.01. The van der Waals surface area contributed by atoms with E-state index in [-0.39, 0.29) is 0 Å². The lowest BCUT2D eigenvalue weighted by molar-refractivity contribution is 0.875. The Morgan fingerprint density at radius 1 is 0.333 bits per heavy atom. The molecule has 0 aliphatic rings. The van der Waals surface area contributed by atoms with Gasteiger partial charge in [0, 0.05) is 18.0 Å². The molecule has 0 unspecified atom stereocenters. The highest BCUT2D eigenvalue weighted by molar-refractivity contribution is 6.29. The highest BCUT2D eigenvalue weighted by Gasteiger charge is 2.25. The zero-order valence-corrected chi connectivity index (χ0v) is 25.8. The summed E-state index contributed by atoms with van der Waals surface area (Å²) in [5.74, 6) is 0. The molecule has 3 heterocycles. The molecule has 6 aromatic carbocycles. The lowest BCUT2D eigenvalue weighted by atomic mass is 9.83. The van der Waals surface area contributed by atoms with Crippen molar-refractivity contribution in [1.29, 1.82) is 0 Å². The summed E-state index contributed by atoms with van der Waals surface area (Å²) in [5, 5.41) is 21.0. The molecule has 0 radical (unpaired) electrons. The molecule has 224 valence electrons. The Morgan fingerprint density at radius 2 is 0.854 bits per heavy atom. The quantitative estimate of drug-likeness (QED) is 0.181. The second-order valence-electron chi connectivity index (χ2n) is 11.7. The maximum absolute atomic E-state index is 4.80. The van der Waals surface area contributed by atoms with Gasteiger partial charge in [0.15, 0.2) is 0 Å². The highest BCUT2D eigenvalue weighted by atomic mass is 15.3.